The summed E-state index contributed by atoms with van der Waals surface area (Å²) in [6.45, 7) is 2.18. The molecule has 0 saturated carbocycles. The number of aryl methyl sites for hydroxylation is 1. The zero-order valence-corrected chi connectivity index (χ0v) is 8.49. The minimum absolute atomic E-state index is 0.397. The highest BCUT2D eigenvalue weighted by atomic mass is 16.1. The van der Waals surface area contributed by atoms with E-state index in [9.17, 15) is 4.79 Å². The summed E-state index contributed by atoms with van der Waals surface area (Å²) in [6.07, 6.45) is 4.95. The molecule has 1 radical (unpaired) electrons. The van der Waals surface area contributed by atoms with Gasteiger partial charge in [-0.3, -0.25) is 4.79 Å². The molecule has 1 amide bonds. The summed E-state index contributed by atoms with van der Waals surface area (Å²) >= 11 is 0. The highest BCUT2D eigenvalue weighted by Crippen LogP contribution is 2.08. The average molecular weight is 190 g/mol. The smallest absolute Gasteiger partial charge is 0.226 e. The lowest BCUT2D eigenvalue weighted by Gasteiger charge is -2.01. The van der Waals surface area contributed by atoms with E-state index in [0.717, 1.165) is 12.0 Å². The highest BCUT2D eigenvalue weighted by Gasteiger charge is 1.98. The van der Waals surface area contributed by atoms with Crippen molar-refractivity contribution >= 4 is 5.91 Å². The quantitative estimate of drug-likeness (QED) is 0.758. The van der Waals surface area contributed by atoms with Gasteiger partial charge in [-0.15, -0.1) is 0 Å². The Labute approximate surface area is 85.1 Å². The predicted molar refractivity (Wildman–Crippen MR) is 57.7 cm³/mol. The van der Waals surface area contributed by atoms with E-state index >= 15 is 0 Å². The number of primary amides is 1. The number of hydrogen-bond donors (Lipinski definition) is 1. The third kappa shape index (κ3) is 3.60. The minimum atomic E-state index is -0.397. The summed E-state index contributed by atoms with van der Waals surface area (Å²) in [5, 5.41) is 0. The molecule has 0 spiro atoms. The second kappa shape index (κ2) is 5.43. The number of carbonyl (C=O) groups is 1. The zero-order valence-electron chi connectivity index (χ0n) is 8.49. The van der Waals surface area contributed by atoms with Gasteiger partial charge in [0.05, 0.1) is 6.42 Å². The third-order valence-corrected chi connectivity index (χ3v) is 2.11. The van der Waals surface area contributed by atoms with Gasteiger partial charge in [-0.05, 0) is 24.0 Å². The number of carbonyl (C=O) groups excluding carboxylic acids is 1. The van der Waals surface area contributed by atoms with Crippen LogP contribution in [0.4, 0.5) is 0 Å². The summed E-state index contributed by atoms with van der Waals surface area (Å²) in [7, 11) is 0. The van der Waals surface area contributed by atoms with E-state index in [1.807, 2.05) is 24.3 Å². The van der Waals surface area contributed by atoms with Gasteiger partial charge in [0, 0.05) is 0 Å². The van der Waals surface area contributed by atoms with Crippen LogP contribution in [0.25, 0.3) is 0 Å². The number of unbranched alkanes of at least 4 members (excludes halogenated alkanes) is 1. The molecule has 0 aliphatic rings. The van der Waals surface area contributed by atoms with Crippen LogP contribution in [0, 0.1) is 6.42 Å². The van der Waals surface area contributed by atoms with Crippen molar-refractivity contribution in [2.75, 3.05) is 0 Å². The van der Waals surface area contributed by atoms with Crippen LogP contribution in [0.15, 0.2) is 24.3 Å². The Bertz CT molecular complexity index is 290. The summed E-state index contributed by atoms with van der Waals surface area (Å²) in [5.41, 5.74) is 7.23. The van der Waals surface area contributed by atoms with Gasteiger partial charge in [0.25, 0.3) is 0 Å². The van der Waals surface area contributed by atoms with Crippen molar-refractivity contribution in [2.45, 2.75) is 26.2 Å². The fourth-order valence-electron chi connectivity index (χ4n) is 1.33. The molecule has 0 fully saturated rings. The van der Waals surface area contributed by atoms with Crippen molar-refractivity contribution in [3.05, 3.63) is 41.8 Å². The van der Waals surface area contributed by atoms with Crippen LogP contribution in [-0.2, 0) is 11.2 Å². The first kappa shape index (κ1) is 10.8. The van der Waals surface area contributed by atoms with Gasteiger partial charge >= 0.3 is 0 Å². The normalized spacial score (nSPS) is 10.1. The van der Waals surface area contributed by atoms with Crippen molar-refractivity contribution in [1.29, 1.82) is 0 Å². The van der Waals surface area contributed by atoms with Crippen LogP contribution < -0.4 is 5.73 Å². The van der Waals surface area contributed by atoms with Gasteiger partial charge in [0.15, 0.2) is 0 Å². The Kier molecular flexibility index (Phi) is 4.17. The molecule has 0 saturated heterocycles. The van der Waals surface area contributed by atoms with E-state index < -0.39 is 5.91 Å². The van der Waals surface area contributed by atoms with E-state index in [1.165, 1.54) is 24.8 Å². The zero-order chi connectivity index (χ0) is 10.4. The molecule has 0 atom stereocenters. The van der Waals surface area contributed by atoms with E-state index in [-0.39, 0.29) is 0 Å². The maximum atomic E-state index is 10.6. The van der Waals surface area contributed by atoms with Crippen LogP contribution in [0.2, 0.25) is 0 Å². The maximum Gasteiger partial charge on any atom is 0.226 e. The fourth-order valence-corrected chi connectivity index (χ4v) is 1.33. The first-order valence-corrected chi connectivity index (χ1v) is 4.95. The van der Waals surface area contributed by atoms with Crippen molar-refractivity contribution in [1.82, 2.24) is 0 Å². The first-order chi connectivity index (χ1) is 6.72. The lowest BCUT2D eigenvalue weighted by Crippen LogP contribution is -2.11. The molecule has 1 aromatic rings. The molecular weight excluding hydrogens is 174 g/mol. The van der Waals surface area contributed by atoms with E-state index in [0.29, 0.717) is 0 Å². The molecule has 0 bridgehead atoms. The van der Waals surface area contributed by atoms with Gasteiger partial charge < -0.3 is 5.73 Å². The van der Waals surface area contributed by atoms with Crippen molar-refractivity contribution < 1.29 is 4.79 Å². The molecular formula is C12H16NO. The summed E-state index contributed by atoms with van der Waals surface area (Å²) in [5.74, 6) is -0.397. The highest BCUT2D eigenvalue weighted by molar-refractivity contribution is 5.86. The van der Waals surface area contributed by atoms with E-state index in [2.05, 4.69) is 6.92 Å². The van der Waals surface area contributed by atoms with Crippen LogP contribution in [0.5, 0.6) is 0 Å². The molecule has 0 heterocycles. The SMILES string of the molecule is CCCCc1ccc([CH]C(N)=O)cc1. The van der Waals surface area contributed by atoms with Gasteiger partial charge in [-0.2, -0.15) is 0 Å². The van der Waals surface area contributed by atoms with Gasteiger partial charge in [-0.1, -0.05) is 37.6 Å². The molecule has 2 nitrogen and oxygen atoms in total. The number of benzene rings is 1. The first-order valence-electron chi connectivity index (χ1n) is 4.95. The van der Waals surface area contributed by atoms with Crippen LogP contribution in [0.1, 0.15) is 30.9 Å². The molecule has 14 heavy (non-hydrogen) atoms. The molecule has 1 rings (SSSR count). The second-order valence-corrected chi connectivity index (χ2v) is 3.39. The topological polar surface area (TPSA) is 43.1 Å². The van der Waals surface area contributed by atoms with Crippen LogP contribution in [-0.4, -0.2) is 5.91 Å². The number of nitrogens with two attached hydrogens (primary N) is 1. The molecule has 2 heteroatoms. The van der Waals surface area contributed by atoms with Gasteiger partial charge in [-0.25, -0.2) is 0 Å². The summed E-state index contributed by atoms with van der Waals surface area (Å²) < 4.78 is 0. The Balaban J connectivity index is 2.54. The Morgan fingerprint density at radius 2 is 2.00 bits per heavy atom. The van der Waals surface area contributed by atoms with Crippen molar-refractivity contribution in [3.8, 4) is 0 Å². The van der Waals surface area contributed by atoms with Gasteiger partial charge in [0.2, 0.25) is 5.91 Å². The molecule has 0 aromatic heterocycles. The Morgan fingerprint density at radius 3 is 2.50 bits per heavy atom. The monoisotopic (exact) mass is 190 g/mol. The molecule has 0 aliphatic carbocycles. The van der Waals surface area contributed by atoms with Crippen molar-refractivity contribution in [2.24, 2.45) is 5.73 Å². The summed E-state index contributed by atoms with van der Waals surface area (Å²) in [4.78, 5) is 10.6. The van der Waals surface area contributed by atoms with E-state index in [1.54, 1.807) is 0 Å². The minimum Gasteiger partial charge on any atom is -0.369 e. The lowest BCUT2D eigenvalue weighted by atomic mass is 10.0. The molecule has 1 aromatic carbocycles. The largest absolute Gasteiger partial charge is 0.369 e. The molecule has 75 valence electrons. The Morgan fingerprint density at radius 1 is 1.36 bits per heavy atom. The van der Waals surface area contributed by atoms with Crippen LogP contribution in [0.3, 0.4) is 0 Å². The summed E-state index contributed by atoms with van der Waals surface area (Å²) in [6, 6.07) is 7.94. The number of hydrogen-bond acceptors (Lipinski definition) is 1. The van der Waals surface area contributed by atoms with Crippen molar-refractivity contribution in [3.63, 3.8) is 0 Å². The number of amides is 1. The Hall–Kier alpha value is -1.31. The average Bonchev–Trinajstić information content (AvgIpc) is 2.16. The third-order valence-electron chi connectivity index (χ3n) is 2.11. The predicted octanol–water partition coefficient (Wildman–Crippen LogP) is 2.07. The molecule has 2 N–H and O–H groups in total. The molecule has 0 aliphatic heterocycles. The van der Waals surface area contributed by atoms with Gasteiger partial charge in [0.1, 0.15) is 0 Å². The standard InChI is InChI=1S/C12H16NO/c1-2-3-4-10-5-7-11(8-6-10)9-12(13)14/h5-9H,2-4H2,1H3,(H2,13,14). The number of rotatable bonds is 5. The maximum absolute atomic E-state index is 10.6. The van der Waals surface area contributed by atoms with E-state index in [4.69, 9.17) is 5.73 Å². The lowest BCUT2D eigenvalue weighted by molar-refractivity contribution is -0.114. The van der Waals surface area contributed by atoms with Crippen LogP contribution >= 0.6 is 0 Å². The molecule has 0 unspecified atom stereocenters. The second-order valence-electron chi connectivity index (χ2n) is 3.39. The fraction of sp³-hybridized carbons (Fsp3) is 0.333.